The van der Waals surface area contributed by atoms with Gasteiger partial charge in [0.15, 0.2) is 0 Å². The number of hydrogen-bond donors (Lipinski definition) is 4. The van der Waals surface area contributed by atoms with Crippen LogP contribution in [0.25, 0.3) is 22.3 Å². The summed E-state index contributed by atoms with van der Waals surface area (Å²) in [5.41, 5.74) is 7.67. The molecule has 0 spiro atoms. The van der Waals surface area contributed by atoms with Gasteiger partial charge in [0.1, 0.15) is 17.4 Å². The first kappa shape index (κ1) is 32.5. The number of likely N-dealkylation sites (N-methyl/N-ethyl adjacent to an activating group) is 1. The number of benzene rings is 1. The SMILES string of the molecule is C[C@@H](C(=O)N(C)c1ccc2cc(-c3n[nH]c4c3CCC(C)(C)C4)[nH]c2c1)N1CCN(c2ccc(C(=O)NC3CCC(=O)NC3=O)nc2)CC1. The highest BCUT2D eigenvalue weighted by atomic mass is 16.2. The number of piperidine rings is 1. The summed E-state index contributed by atoms with van der Waals surface area (Å²) in [5, 5.41) is 13.9. The zero-order chi connectivity index (χ0) is 34.4. The lowest BCUT2D eigenvalue weighted by molar-refractivity contribution is -0.134. The lowest BCUT2D eigenvalue weighted by Crippen LogP contribution is -2.54. The van der Waals surface area contributed by atoms with Gasteiger partial charge in [-0.05, 0) is 68.4 Å². The molecule has 5 heterocycles. The van der Waals surface area contributed by atoms with Crippen molar-refractivity contribution in [3.8, 4) is 11.4 Å². The average Bonchev–Trinajstić information content (AvgIpc) is 3.71. The number of piperazine rings is 1. The Kier molecular flexibility index (Phi) is 8.47. The summed E-state index contributed by atoms with van der Waals surface area (Å²) >= 11 is 0. The Morgan fingerprint density at radius 1 is 1.06 bits per heavy atom. The molecule has 4 N–H and O–H groups in total. The van der Waals surface area contributed by atoms with Crippen LogP contribution in [-0.4, -0.2) is 94.0 Å². The molecule has 0 saturated carbocycles. The summed E-state index contributed by atoms with van der Waals surface area (Å²) in [6.45, 7) is 9.37. The number of imide groups is 1. The van der Waals surface area contributed by atoms with Crippen molar-refractivity contribution in [2.45, 2.75) is 65.0 Å². The molecule has 3 aromatic heterocycles. The van der Waals surface area contributed by atoms with Gasteiger partial charge in [0.05, 0.1) is 23.6 Å². The average molecular weight is 666 g/mol. The third kappa shape index (κ3) is 6.54. The number of rotatable bonds is 7. The monoisotopic (exact) mass is 665 g/mol. The van der Waals surface area contributed by atoms with Gasteiger partial charge in [0, 0.05) is 67.5 Å². The number of amides is 4. The van der Waals surface area contributed by atoms with E-state index >= 15 is 0 Å². The summed E-state index contributed by atoms with van der Waals surface area (Å²) < 4.78 is 0. The van der Waals surface area contributed by atoms with Crippen molar-refractivity contribution in [1.29, 1.82) is 0 Å². The molecule has 7 rings (SSSR count). The lowest BCUT2D eigenvalue weighted by atomic mass is 9.76. The summed E-state index contributed by atoms with van der Waals surface area (Å²) in [5.74, 6) is -1.27. The van der Waals surface area contributed by atoms with E-state index in [0.29, 0.717) is 26.2 Å². The summed E-state index contributed by atoms with van der Waals surface area (Å²) in [4.78, 5) is 63.7. The zero-order valence-electron chi connectivity index (χ0n) is 28.4. The molecule has 2 aliphatic heterocycles. The highest BCUT2D eigenvalue weighted by molar-refractivity contribution is 6.03. The second kappa shape index (κ2) is 12.8. The maximum atomic E-state index is 13.7. The van der Waals surface area contributed by atoms with Crippen LogP contribution in [0.5, 0.6) is 0 Å². The lowest BCUT2D eigenvalue weighted by Gasteiger charge is -2.39. The largest absolute Gasteiger partial charge is 0.368 e. The molecule has 0 radical (unpaired) electrons. The first-order valence-corrected chi connectivity index (χ1v) is 17.0. The van der Waals surface area contributed by atoms with E-state index in [-0.39, 0.29) is 41.8 Å². The minimum absolute atomic E-state index is 0.0246. The van der Waals surface area contributed by atoms with Gasteiger partial charge in [-0.2, -0.15) is 5.10 Å². The van der Waals surface area contributed by atoms with Gasteiger partial charge < -0.3 is 20.1 Å². The first-order chi connectivity index (χ1) is 23.5. The molecule has 1 aromatic carbocycles. The van der Waals surface area contributed by atoms with Crippen LogP contribution in [-0.2, 0) is 27.2 Å². The van der Waals surface area contributed by atoms with Gasteiger partial charge in [-0.15, -0.1) is 0 Å². The third-order valence-electron chi connectivity index (χ3n) is 10.3. The molecule has 4 aromatic rings. The summed E-state index contributed by atoms with van der Waals surface area (Å²) in [7, 11) is 1.83. The van der Waals surface area contributed by atoms with Crippen molar-refractivity contribution in [2.24, 2.45) is 5.41 Å². The third-order valence-corrected chi connectivity index (χ3v) is 10.3. The van der Waals surface area contributed by atoms with Crippen molar-refractivity contribution in [3.63, 3.8) is 0 Å². The molecule has 0 bridgehead atoms. The molecule has 2 atom stereocenters. The number of carbonyl (C=O) groups excluding carboxylic acids is 4. The quantitative estimate of drug-likeness (QED) is 0.219. The molecule has 3 aliphatic rings. The Bertz CT molecular complexity index is 1920. The Morgan fingerprint density at radius 3 is 2.59 bits per heavy atom. The molecular formula is C36H43N9O4. The molecule has 1 aliphatic carbocycles. The van der Waals surface area contributed by atoms with E-state index in [2.05, 4.69) is 66.6 Å². The van der Waals surface area contributed by atoms with Crippen LogP contribution in [0.15, 0.2) is 42.6 Å². The second-order valence-electron chi connectivity index (χ2n) is 14.3. The van der Waals surface area contributed by atoms with Crippen LogP contribution in [0.4, 0.5) is 11.4 Å². The number of nitrogens with one attached hydrogen (secondary N) is 4. The van der Waals surface area contributed by atoms with E-state index in [4.69, 9.17) is 0 Å². The molecular weight excluding hydrogens is 622 g/mol. The normalized spacial score (nSPS) is 20.1. The van der Waals surface area contributed by atoms with Crippen LogP contribution < -0.4 is 20.4 Å². The number of H-pyrrole nitrogens is 2. The Morgan fingerprint density at radius 2 is 1.86 bits per heavy atom. The fourth-order valence-electron chi connectivity index (χ4n) is 7.22. The van der Waals surface area contributed by atoms with Crippen molar-refractivity contribution in [3.05, 3.63) is 59.5 Å². The number of anilines is 2. The van der Waals surface area contributed by atoms with E-state index in [9.17, 15) is 19.2 Å². The molecule has 49 heavy (non-hydrogen) atoms. The molecule has 1 unspecified atom stereocenters. The first-order valence-electron chi connectivity index (χ1n) is 17.0. The van der Waals surface area contributed by atoms with Crippen molar-refractivity contribution in [1.82, 2.24) is 35.7 Å². The number of hydrogen-bond acceptors (Lipinski definition) is 8. The Hall–Kier alpha value is -5.04. The highest BCUT2D eigenvalue weighted by Gasteiger charge is 2.31. The van der Waals surface area contributed by atoms with Gasteiger partial charge in [-0.1, -0.05) is 19.9 Å². The molecule has 256 valence electrons. The summed E-state index contributed by atoms with van der Waals surface area (Å²) in [6, 6.07) is 10.6. The molecule has 2 saturated heterocycles. The smallest absolute Gasteiger partial charge is 0.270 e. The fourth-order valence-corrected chi connectivity index (χ4v) is 7.22. The van der Waals surface area contributed by atoms with Gasteiger partial charge >= 0.3 is 0 Å². The number of nitrogens with zero attached hydrogens (tertiary/aromatic N) is 5. The van der Waals surface area contributed by atoms with Gasteiger partial charge in [0.25, 0.3) is 5.91 Å². The van der Waals surface area contributed by atoms with Crippen LogP contribution in [0, 0.1) is 5.41 Å². The van der Waals surface area contributed by atoms with Crippen LogP contribution in [0.1, 0.15) is 61.8 Å². The number of fused-ring (bicyclic) bond motifs is 2. The Balaban J connectivity index is 0.945. The molecule has 13 heteroatoms. The van der Waals surface area contributed by atoms with Crippen molar-refractivity contribution >= 4 is 45.9 Å². The van der Waals surface area contributed by atoms with Crippen LogP contribution in [0.3, 0.4) is 0 Å². The van der Waals surface area contributed by atoms with Crippen LogP contribution >= 0.6 is 0 Å². The minimum atomic E-state index is -0.751. The number of pyridine rings is 1. The van der Waals surface area contributed by atoms with E-state index in [0.717, 1.165) is 52.9 Å². The topological polar surface area (TPSA) is 159 Å². The zero-order valence-corrected chi connectivity index (χ0v) is 28.4. The maximum Gasteiger partial charge on any atom is 0.270 e. The van der Waals surface area contributed by atoms with E-state index in [1.807, 2.05) is 32.2 Å². The van der Waals surface area contributed by atoms with E-state index in [1.165, 1.54) is 11.3 Å². The number of carbonyl (C=O) groups is 4. The van der Waals surface area contributed by atoms with Crippen molar-refractivity contribution in [2.75, 3.05) is 43.0 Å². The van der Waals surface area contributed by atoms with E-state index < -0.39 is 17.9 Å². The predicted molar refractivity (Wildman–Crippen MR) is 186 cm³/mol. The molecule has 4 amide bonds. The van der Waals surface area contributed by atoms with E-state index in [1.54, 1.807) is 17.2 Å². The van der Waals surface area contributed by atoms with Crippen LogP contribution in [0.2, 0.25) is 0 Å². The standard InChI is InChI=1S/C36H43N9O4/c1-21(44-13-15-45(16-14-44)24-7-8-26(37-20-24)33(47)39-27-9-10-31(46)40-34(27)48)35(49)43(4)23-6-5-22-17-29(38-28(22)18-23)32-25-11-12-36(2,3)19-30(25)41-42-32/h5-8,17-18,20-21,27,38H,9-16,19H2,1-4H3,(H,39,47)(H,41,42)(H,40,46,48)/t21-,27?/m0/s1. The van der Waals surface area contributed by atoms with Crippen molar-refractivity contribution < 1.29 is 19.2 Å². The fraction of sp³-hybridized carbons (Fsp3) is 0.444. The van der Waals surface area contributed by atoms with Gasteiger partial charge in [-0.25, -0.2) is 4.98 Å². The predicted octanol–water partition coefficient (Wildman–Crippen LogP) is 3.18. The van der Waals surface area contributed by atoms with Gasteiger partial charge in [-0.3, -0.25) is 34.5 Å². The molecule has 2 fully saturated rings. The maximum absolute atomic E-state index is 13.7. The molecule has 13 nitrogen and oxygen atoms in total. The summed E-state index contributed by atoms with van der Waals surface area (Å²) in [6.07, 6.45) is 5.25. The Labute approximate surface area is 284 Å². The highest BCUT2D eigenvalue weighted by Crippen LogP contribution is 2.38. The number of aromatic amines is 2. The number of aromatic nitrogens is 4. The van der Waals surface area contributed by atoms with Gasteiger partial charge in [0.2, 0.25) is 17.7 Å². The second-order valence-corrected chi connectivity index (χ2v) is 14.3. The minimum Gasteiger partial charge on any atom is -0.368 e.